The first kappa shape index (κ1) is 20.6. The van der Waals surface area contributed by atoms with Crippen molar-refractivity contribution >= 4 is 43.9 Å². The second kappa shape index (κ2) is 9.37. The van der Waals surface area contributed by atoms with Crippen LogP contribution in [0.5, 0.6) is 5.75 Å². The first-order valence-electron chi connectivity index (χ1n) is 8.39. The van der Waals surface area contributed by atoms with Crippen LogP contribution in [0.4, 0.5) is 10.8 Å². The smallest absolute Gasteiger partial charge is 0.242 e. The number of hydrogen-bond acceptors (Lipinski definition) is 8. The standard InChI is InChI=1S/C18H20N4O3S3/c1-22(2)28(23,24)16-10-8-15(9-11-16)25-12-13-26-18-21-20-17(27-18)19-14-6-4-3-5-7-14/h3-11H,12-13H2,1-2H3,(H,19,20). The van der Waals surface area contributed by atoms with Gasteiger partial charge in [0.2, 0.25) is 15.2 Å². The molecular weight excluding hydrogens is 416 g/mol. The Morgan fingerprint density at radius 3 is 2.46 bits per heavy atom. The number of rotatable bonds is 9. The van der Waals surface area contributed by atoms with Crippen molar-refractivity contribution in [1.29, 1.82) is 0 Å². The predicted octanol–water partition coefficient (Wildman–Crippen LogP) is 3.70. The highest BCUT2D eigenvalue weighted by Gasteiger charge is 2.16. The predicted molar refractivity (Wildman–Crippen MR) is 113 cm³/mol. The molecule has 1 aromatic heterocycles. The third-order valence-corrected chi connectivity index (χ3v) is 7.38. The van der Waals surface area contributed by atoms with Crippen LogP contribution in [0.15, 0.2) is 63.8 Å². The second-order valence-corrected chi connectivity index (χ2v) is 10.3. The van der Waals surface area contributed by atoms with Gasteiger partial charge in [-0.1, -0.05) is 41.3 Å². The van der Waals surface area contributed by atoms with Gasteiger partial charge in [-0.2, -0.15) is 0 Å². The Hall–Kier alpha value is -2.14. The van der Waals surface area contributed by atoms with Crippen molar-refractivity contribution in [2.45, 2.75) is 9.24 Å². The van der Waals surface area contributed by atoms with E-state index in [9.17, 15) is 8.42 Å². The summed E-state index contributed by atoms with van der Waals surface area (Å²) in [5, 5.41) is 12.2. The van der Waals surface area contributed by atoms with Crippen LogP contribution < -0.4 is 10.1 Å². The van der Waals surface area contributed by atoms with Crippen LogP contribution in [0.25, 0.3) is 0 Å². The number of ether oxygens (including phenoxy) is 1. The van der Waals surface area contributed by atoms with Crippen molar-refractivity contribution in [1.82, 2.24) is 14.5 Å². The van der Waals surface area contributed by atoms with E-state index in [4.69, 9.17) is 4.74 Å². The monoisotopic (exact) mass is 436 g/mol. The molecular formula is C18H20N4O3S3. The molecule has 0 saturated carbocycles. The summed E-state index contributed by atoms with van der Waals surface area (Å²) >= 11 is 3.04. The SMILES string of the molecule is CN(C)S(=O)(=O)c1ccc(OCCSc2nnc(Nc3ccccc3)s2)cc1. The molecule has 0 bridgehead atoms. The molecule has 0 atom stereocenters. The number of benzene rings is 2. The molecule has 3 aromatic rings. The second-order valence-electron chi connectivity index (χ2n) is 5.82. The lowest BCUT2D eigenvalue weighted by atomic mass is 10.3. The highest BCUT2D eigenvalue weighted by atomic mass is 32.2. The largest absolute Gasteiger partial charge is 0.493 e. The number of nitrogens with zero attached hydrogens (tertiary/aromatic N) is 3. The fraction of sp³-hybridized carbons (Fsp3) is 0.222. The van der Waals surface area contributed by atoms with Gasteiger partial charge in [-0.25, -0.2) is 12.7 Å². The third kappa shape index (κ3) is 5.44. The zero-order valence-corrected chi connectivity index (χ0v) is 17.9. The van der Waals surface area contributed by atoms with Crippen molar-refractivity contribution in [3.8, 4) is 5.75 Å². The molecule has 7 nitrogen and oxygen atoms in total. The summed E-state index contributed by atoms with van der Waals surface area (Å²) in [7, 11) is -0.411. The molecule has 0 amide bonds. The number of aromatic nitrogens is 2. The molecule has 0 aliphatic rings. The van der Waals surface area contributed by atoms with Gasteiger partial charge < -0.3 is 10.1 Å². The summed E-state index contributed by atoms with van der Waals surface area (Å²) in [6, 6.07) is 16.2. The normalized spacial score (nSPS) is 11.5. The molecule has 0 aliphatic carbocycles. The maximum absolute atomic E-state index is 12.0. The van der Waals surface area contributed by atoms with Crippen LogP contribution in [0.1, 0.15) is 0 Å². The molecule has 1 N–H and O–H groups in total. The maximum Gasteiger partial charge on any atom is 0.242 e. The quantitative estimate of drug-likeness (QED) is 0.404. The Kier molecular flexibility index (Phi) is 6.89. The van der Waals surface area contributed by atoms with E-state index in [0.29, 0.717) is 18.1 Å². The molecule has 0 saturated heterocycles. The maximum atomic E-state index is 12.0. The Morgan fingerprint density at radius 2 is 1.79 bits per heavy atom. The van der Waals surface area contributed by atoms with Gasteiger partial charge in [-0.05, 0) is 36.4 Å². The summed E-state index contributed by atoms with van der Waals surface area (Å²) < 4.78 is 31.8. The van der Waals surface area contributed by atoms with Gasteiger partial charge in [0.1, 0.15) is 5.75 Å². The molecule has 0 fully saturated rings. The average Bonchev–Trinajstić information content (AvgIpc) is 3.13. The van der Waals surface area contributed by atoms with Crippen LogP contribution >= 0.6 is 23.1 Å². The van der Waals surface area contributed by atoms with Gasteiger partial charge >= 0.3 is 0 Å². The van der Waals surface area contributed by atoms with Gasteiger partial charge in [-0.3, -0.25) is 0 Å². The third-order valence-electron chi connectivity index (χ3n) is 3.61. The molecule has 10 heteroatoms. The van der Waals surface area contributed by atoms with E-state index >= 15 is 0 Å². The fourth-order valence-electron chi connectivity index (χ4n) is 2.17. The topological polar surface area (TPSA) is 84.4 Å². The van der Waals surface area contributed by atoms with Crippen molar-refractivity contribution in [3.05, 3.63) is 54.6 Å². The average molecular weight is 437 g/mol. The molecule has 0 spiro atoms. The van der Waals surface area contributed by atoms with Crippen molar-refractivity contribution in [2.24, 2.45) is 0 Å². The number of nitrogens with one attached hydrogen (secondary N) is 1. The zero-order valence-electron chi connectivity index (χ0n) is 15.4. The van der Waals surface area contributed by atoms with Gasteiger partial charge in [0.05, 0.1) is 11.5 Å². The van der Waals surface area contributed by atoms with Crippen molar-refractivity contribution < 1.29 is 13.2 Å². The molecule has 1 heterocycles. The molecule has 2 aromatic carbocycles. The van der Waals surface area contributed by atoms with Crippen LogP contribution in [0.2, 0.25) is 0 Å². The summed E-state index contributed by atoms with van der Waals surface area (Å²) in [5.74, 6) is 1.33. The van der Waals surface area contributed by atoms with E-state index in [1.165, 1.54) is 29.7 Å². The van der Waals surface area contributed by atoms with Crippen LogP contribution in [0, 0.1) is 0 Å². The van der Waals surface area contributed by atoms with Gasteiger partial charge in [0, 0.05) is 25.5 Å². The zero-order chi connectivity index (χ0) is 20.0. The molecule has 0 unspecified atom stereocenters. The van der Waals surface area contributed by atoms with Crippen molar-refractivity contribution in [3.63, 3.8) is 0 Å². The van der Waals surface area contributed by atoms with Crippen LogP contribution in [-0.4, -0.2) is 49.4 Å². The summed E-state index contributed by atoms with van der Waals surface area (Å²) in [6.45, 7) is 0.478. The van der Waals surface area contributed by atoms with E-state index in [1.807, 2.05) is 30.3 Å². The number of hydrogen-bond donors (Lipinski definition) is 1. The first-order valence-corrected chi connectivity index (χ1v) is 11.6. The summed E-state index contributed by atoms with van der Waals surface area (Å²) in [4.78, 5) is 0.242. The molecule has 0 aliphatic heterocycles. The first-order chi connectivity index (χ1) is 13.4. The number of thioether (sulfide) groups is 1. The summed E-state index contributed by atoms with van der Waals surface area (Å²) in [5.41, 5.74) is 0.971. The minimum absolute atomic E-state index is 0.242. The fourth-order valence-corrected chi connectivity index (χ4v) is 4.73. The highest BCUT2D eigenvalue weighted by Crippen LogP contribution is 2.27. The van der Waals surface area contributed by atoms with E-state index in [0.717, 1.165) is 15.2 Å². The van der Waals surface area contributed by atoms with Crippen LogP contribution in [0.3, 0.4) is 0 Å². The Balaban J connectivity index is 1.45. The highest BCUT2D eigenvalue weighted by molar-refractivity contribution is 8.01. The molecule has 3 rings (SSSR count). The van der Waals surface area contributed by atoms with Gasteiger partial charge in [0.25, 0.3) is 0 Å². The van der Waals surface area contributed by atoms with E-state index in [2.05, 4.69) is 15.5 Å². The number of anilines is 2. The number of sulfonamides is 1. The van der Waals surface area contributed by atoms with Crippen LogP contribution in [-0.2, 0) is 10.0 Å². The van der Waals surface area contributed by atoms with E-state index in [1.54, 1.807) is 36.0 Å². The lowest BCUT2D eigenvalue weighted by Crippen LogP contribution is -2.22. The molecule has 0 radical (unpaired) electrons. The number of para-hydroxylation sites is 1. The molecule has 148 valence electrons. The summed E-state index contributed by atoms with van der Waals surface area (Å²) in [6.07, 6.45) is 0. The minimum atomic E-state index is -3.42. The van der Waals surface area contributed by atoms with Crippen molar-refractivity contribution in [2.75, 3.05) is 31.8 Å². The van der Waals surface area contributed by atoms with Gasteiger partial charge in [-0.15, -0.1) is 10.2 Å². The van der Waals surface area contributed by atoms with E-state index < -0.39 is 10.0 Å². The minimum Gasteiger partial charge on any atom is -0.493 e. The molecule has 28 heavy (non-hydrogen) atoms. The lowest BCUT2D eigenvalue weighted by Gasteiger charge is -2.12. The lowest BCUT2D eigenvalue weighted by molar-refractivity contribution is 0.343. The Bertz CT molecular complexity index is 990. The van der Waals surface area contributed by atoms with Gasteiger partial charge in [0.15, 0.2) is 4.34 Å². The Morgan fingerprint density at radius 1 is 1.07 bits per heavy atom. The van der Waals surface area contributed by atoms with E-state index in [-0.39, 0.29) is 4.90 Å². The Labute approximate surface area is 172 Å².